The Morgan fingerprint density at radius 1 is 1.83 bits per heavy atom. The first-order valence-corrected chi connectivity index (χ1v) is 3.74. The second kappa shape index (κ2) is 3.38. The molecule has 1 rings (SSSR count). The molecule has 1 heterocycles. The van der Waals surface area contributed by atoms with Crippen LogP contribution in [0.4, 0.5) is 0 Å². The Balaban J connectivity index is 2.71. The molecule has 0 amide bonds. The lowest BCUT2D eigenvalue weighted by molar-refractivity contribution is -0.137. The Morgan fingerprint density at radius 2 is 2.50 bits per heavy atom. The molecule has 1 atom stereocenters. The maximum absolute atomic E-state index is 10.4. The fourth-order valence-corrected chi connectivity index (χ4v) is 1.15. The van der Waals surface area contributed by atoms with Gasteiger partial charge in [-0.3, -0.25) is 4.79 Å². The van der Waals surface area contributed by atoms with Crippen molar-refractivity contribution in [2.75, 3.05) is 0 Å². The first-order valence-electron chi connectivity index (χ1n) is 3.74. The molecule has 12 heavy (non-hydrogen) atoms. The number of hydrogen-bond acceptors (Lipinski definition) is 3. The average Bonchev–Trinajstić information content (AvgIpc) is 2.33. The van der Waals surface area contributed by atoms with E-state index in [-0.39, 0.29) is 12.3 Å². The van der Waals surface area contributed by atoms with Crippen LogP contribution in [-0.2, 0) is 4.79 Å². The third kappa shape index (κ3) is 1.84. The number of aryl methyl sites for hydroxylation is 1. The van der Waals surface area contributed by atoms with Gasteiger partial charge in [-0.2, -0.15) is 0 Å². The Bertz CT molecular complexity index is 280. The third-order valence-corrected chi connectivity index (χ3v) is 1.80. The van der Waals surface area contributed by atoms with E-state index in [1.165, 1.54) is 0 Å². The number of carbonyl (C=O) groups is 1. The van der Waals surface area contributed by atoms with Gasteiger partial charge in [-0.05, 0) is 12.8 Å². The lowest BCUT2D eigenvalue weighted by Gasteiger charge is -2.04. The molecule has 0 spiro atoms. The van der Waals surface area contributed by atoms with E-state index in [1.807, 2.05) is 6.92 Å². The first-order chi connectivity index (χ1) is 5.61. The molecule has 1 aromatic rings. The highest BCUT2D eigenvalue weighted by Gasteiger charge is 2.14. The standard InChI is InChI=1S/C8H11NO3/c1-5(3-8(10)11)7-4-9-12-6(7)2/h4-5H,3H2,1-2H3,(H,10,11). The SMILES string of the molecule is Cc1oncc1C(C)CC(=O)O. The van der Waals surface area contributed by atoms with Crippen molar-refractivity contribution in [2.24, 2.45) is 0 Å². The zero-order valence-corrected chi connectivity index (χ0v) is 7.07. The topological polar surface area (TPSA) is 63.3 Å². The lowest BCUT2D eigenvalue weighted by Crippen LogP contribution is -2.02. The van der Waals surface area contributed by atoms with Crippen molar-refractivity contribution in [1.82, 2.24) is 5.16 Å². The van der Waals surface area contributed by atoms with Crippen LogP contribution in [0, 0.1) is 6.92 Å². The molecule has 1 N–H and O–H groups in total. The van der Waals surface area contributed by atoms with Crippen molar-refractivity contribution in [1.29, 1.82) is 0 Å². The van der Waals surface area contributed by atoms with Crippen molar-refractivity contribution in [3.63, 3.8) is 0 Å². The van der Waals surface area contributed by atoms with E-state index < -0.39 is 5.97 Å². The number of aromatic nitrogens is 1. The molecule has 0 aliphatic heterocycles. The minimum atomic E-state index is -0.803. The Labute approximate surface area is 70.2 Å². The lowest BCUT2D eigenvalue weighted by atomic mass is 9.99. The van der Waals surface area contributed by atoms with Gasteiger partial charge >= 0.3 is 5.97 Å². The molecule has 0 fully saturated rings. The quantitative estimate of drug-likeness (QED) is 0.745. The Kier molecular flexibility index (Phi) is 2.47. The fraction of sp³-hybridized carbons (Fsp3) is 0.500. The van der Waals surface area contributed by atoms with Gasteiger partial charge in [0, 0.05) is 5.56 Å². The summed E-state index contributed by atoms with van der Waals surface area (Å²) in [5, 5.41) is 12.1. The summed E-state index contributed by atoms with van der Waals surface area (Å²) >= 11 is 0. The van der Waals surface area contributed by atoms with E-state index in [4.69, 9.17) is 9.63 Å². The summed E-state index contributed by atoms with van der Waals surface area (Å²) < 4.78 is 4.82. The van der Waals surface area contributed by atoms with Gasteiger partial charge in [0.2, 0.25) is 0 Å². The summed E-state index contributed by atoms with van der Waals surface area (Å²) in [6.07, 6.45) is 1.69. The predicted molar refractivity (Wildman–Crippen MR) is 41.9 cm³/mol. The van der Waals surface area contributed by atoms with Crippen molar-refractivity contribution >= 4 is 5.97 Å². The van der Waals surface area contributed by atoms with Crippen LogP contribution in [0.3, 0.4) is 0 Å². The van der Waals surface area contributed by atoms with Gasteiger partial charge in [0.25, 0.3) is 0 Å². The summed E-state index contributed by atoms with van der Waals surface area (Å²) in [5.74, 6) is -0.138. The Hall–Kier alpha value is -1.32. The van der Waals surface area contributed by atoms with E-state index in [9.17, 15) is 4.79 Å². The predicted octanol–water partition coefficient (Wildman–Crippen LogP) is 1.56. The summed E-state index contributed by atoms with van der Waals surface area (Å²) in [6, 6.07) is 0. The highest BCUT2D eigenvalue weighted by molar-refractivity contribution is 5.67. The fourth-order valence-electron chi connectivity index (χ4n) is 1.15. The van der Waals surface area contributed by atoms with E-state index >= 15 is 0 Å². The van der Waals surface area contributed by atoms with E-state index in [1.54, 1.807) is 13.1 Å². The number of carboxylic acids is 1. The zero-order chi connectivity index (χ0) is 9.14. The number of aliphatic carboxylic acids is 1. The van der Waals surface area contributed by atoms with Crippen molar-refractivity contribution < 1.29 is 14.4 Å². The van der Waals surface area contributed by atoms with Crippen LogP contribution in [0.2, 0.25) is 0 Å². The van der Waals surface area contributed by atoms with Crippen LogP contribution >= 0.6 is 0 Å². The van der Waals surface area contributed by atoms with Gasteiger partial charge < -0.3 is 9.63 Å². The minimum absolute atomic E-state index is 0.0336. The van der Waals surface area contributed by atoms with Crippen LogP contribution in [0.25, 0.3) is 0 Å². The van der Waals surface area contributed by atoms with Crippen LogP contribution in [0.15, 0.2) is 10.7 Å². The van der Waals surface area contributed by atoms with Crippen LogP contribution in [-0.4, -0.2) is 16.2 Å². The molecule has 0 bridgehead atoms. The second-order valence-corrected chi connectivity index (χ2v) is 2.84. The van der Waals surface area contributed by atoms with Gasteiger partial charge in [0.15, 0.2) is 0 Å². The highest BCUT2D eigenvalue weighted by Crippen LogP contribution is 2.21. The number of nitrogens with zero attached hydrogens (tertiary/aromatic N) is 1. The minimum Gasteiger partial charge on any atom is -0.481 e. The molecule has 0 saturated heterocycles. The van der Waals surface area contributed by atoms with Gasteiger partial charge in [0.05, 0.1) is 12.6 Å². The molecule has 4 heteroatoms. The molecule has 0 radical (unpaired) electrons. The average molecular weight is 169 g/mol. The molecule has 1 unspecified atom stereocenters. The second-order valence-electron chi connectivity index (χ2n) is 2.84. The summed E-state index contributed by atoms with van der Waals surface area (Å²) in [4.78, 5) is 10.4. The van der Waals surface area contributed by atoms with Gasteiger partial charge in [0.1, 0.15) is 5.76 Å². The molecule has 0 aromatic carbocycles. The molecular formula is C8H11NO3. The molecule has 66 valence electrons. The maximum Gasteiger partial charge on any atom is 0.303 e. The van der Waals surface area contributed by atoms with E-state index in [0.29, 0.717) is 5.76 Å². The molecule has 0 aliphatic rings. The number of carboxylic acid groups (broad SMARTS) is 1. The van der Waals surface area contributed by atoms with Crippen LogP contribution < -0.4 is 0 Å². The summed E-state index contributed by atoms with van der Waals surface area (Å²) in [6.45, 7) is 3.62. The highest BCUT2D eigenvalue weighted by atomic mass is 16.5. The summed E-state index contributed by atoms with van der Waals surface area (Å²) in [7, 11) is 0. The first kappa shape index (κ1) is 8.77. The van der Waals surface area contributed by atoms with Crippen molar-refractivity contribution in [2.45, 2.75) is 26.2 Å². The number of rotatable bonds is 3. The van der Waals surface area contributed by atoms with E-state index in [0.717, 1.165) is 5.56 Å². The normalized spacial score (nSPS) is 12.8. The Morgan fingerprint density at radius 3 is 2.92 bits per heavy atom. The third-order valence-electron chi connectivity index (χ3n) is 1.80. The smallest absolute Gasteiger partial charge is 0.303 e. The van der Waals surface area contributed by atoms with Gasteiger partial charge in [-0.15, -0.1) is 0 Å². The van der Waals surface area contributed by atoms with Gasteiger partial charge in [-0.25, -0.2) is 0 Å². The van der Waals surface area contributed by atoms with Crippen molar-refractivity contribution in [3.8, 4) is 0 Å². The molecule has 1 aromatic heterocycles. The zero-order valence-electron chi connectivity index (χ0n) is 7.07. The van der Waals surface area contributed by atoms with Crippen LogP contribution in [0.1, 0.15) is 30.6 Å². The van der Waals surface area contributed by atoms with Gasteiger partial charge in [-0.1, -0.05) is 12.1 Å². The van der Waals surface area contributed by atoms with E-state index in [2.05, 4.69) is 5.16 Å². The summed E-state index contributed by atoms with van der Waals surface area (Å²) in [5.41, 5.74) is 0.873. The molecule has 0 saturated carbocycles. The number of hydrogen-bond donors (Lipinski definition) is 1. The molecular weight excluding hydrogens is 158 g/mol. The molecule has 0 aliphatic carbocycles. The largest absolute Gasteiger partial charge is 0.481 e. The maximum atomic E-state index is 10.4. The monoisotopic (exact) mass is 169 g/mol. The van der Waals surface area contributed by atoms with Crippen molar-refractivity contribution in [3.05, 3.63) is 17.5 Å². The van der Waals surface area contributed by atoms with Crippen LogP contribution in [0.5, 0.6) is 0 Å². The molecule has 4 nitrogen and oxygen atoms in total.